The fourth-order valence-electron chi connectivity index (χ4n) is 3.39. The molecule has 0 aromatic heterocycles. The molecule has 0 aliphatic carbocycles. The molecule has 0 spiro atoms. The van der Waals surface area contributed by atoms with E-state index < -0.39 is 0 Å². The van der Waals surface area contributed by atoms with Gasteiger partial charge in [-0.05, 0) is 56.1 Å². The van der Waals surface area contributed by atoms with Gasteiger partial charge in [0.05, 0.1) is 0 Å². The first kappa shape index (κ1) is 19.2. The second kappa shape index (κ2) is 9.97. The summed E-state index contributed by atoms with van der Waals surface area (Å²) in [5.41, 5.74) is 2.49. The molecule has 3 rings (SSSR count). The number of hydrogen-bond donors (Lipinski definition) is 2. The number of carbonyl (C=O) groups is 1. The maximum Gasteiger partial charge on any atom is 0.231 e. The van der Waals surface area contributed by atoms with Crippen molar-refractivity contribution in [3.8, 4) is 11.5 Å². The minimum atomic E-state index is 0.129. The van der Waals surface area contributed by atoms with Gasteiger partial charge in [0, 0.05) is 18.9 Å². The van der Waals surface area contributed by atoms with Crippen LogP contribution < -0.4 is 20.1 Å². The molecule has 5 nitrogen and oxygen atoms in total. The van der Waals surface area contributed by atoms with Crippen LogP contribution in [-0.4, -0.2) is 32.8 Å². The maximum absolute atomic E-state index is 11.9. The van der Waals surface area contributed by atoms with E-state index in [1.54, 1.807) is 0 Å². The van der Waals surface area contributed by atoms with Crippen LogP contribution in [0.5, 0.6) is 11.5 Å². The molecule has 1 heterocycles. The van der Waals surface area contributed by atoms with Gasteiger partial charge < -0.3 is 20.1 Å². The number of rotatable bonds is 10. The Morgan fingerprint density at radius 3 is 2.63 bits per heavy atom. The molecule has 2 N–H and O–H groups in total. The molecule has 27 heavy (non-hydrogen) atoms. The predicted octanol–water partition coefficient (Wildman–Crippen LogP) is 3.44. The van der Waals surface area contributed by atoms with E-state index >= 15 is 0 Å². The fraction of sp³-hybridized carbons (Fsp3) is 0.409. The van der Waals surface area contributed by atoms with Crippen molar-refractivity contribution in [2.24, 2.45) is 0 Å². The van der Waals surface area contributed by atoms with Crippen molar-refractivity contribution < 1.29 is 14.3 Å². The molecule has 144 valence electrons. The molecule has 0 bridgehead atoms. The summed E-state index contributed by atoms with van der Waals surface area (Å²) < 4.78 is 11.0. The zero-order valence-electron chi connectivity index (χ0n) is 15.9. The van der Waals surface area contributed by atoms with Gasteiger partial charge in [0.15, 0.2) is 11.5 Å². The van der Waals surface area contributed by atoms with Gasteiger partial charge in [-0.2, -0.15) is 0 Å². The quantitative estimate of drug-likeness (QED) is 0.631. The van der Waals surface area contributed by atoms with Crippen LogP contribution in [0.4, 0.5) is 0 Å². The third-order valence-electron chi connectivity index (χ3n) is 4.82. The first-order valence-electron chi connectivity index (χ1n) is 9.63. The van der Waals surface area contributed by atoms with Gasteiger partial charge in [0.2, 0.25) is 12.7 Å². The molecule has 1 aliphatic heterocycles. The minimum Gasteiger partial charge on any atom is -0.454 e. The minimum absolute atomic E-state index is 0.129. The Bertz CT molecular complexity index is 734. The van der Waals surface area contributed by atoms with Crippen LogP contribution in [0.15, 0.2) is 48.5 Å². The summed E-state index contributed by atoms with van der Waals surface area (Å²) in [4.78, 5) is 11.9. The summed E-state index contributed by atoms with van der Waals surface area (Å²) in [6.07, 6.45) is 3.32. The lowest BCUT2D eigenvalue weighted by atomic mass is 9.87. The highest BCUT2D eigenvalue weighted by molar-refractivity contribution is 5.75. The van der Waals surface area contributed by atoms with Crippen LogP contribution in [0.2, 0.25) is 0 Å². The summed E-state index contributed by atoms with van der Waals surface area (Å²) in [6, 6.07) is 16.7. The van der Waals surface area contributed by atoms with E-state index in [4.69, 9.17) is 9.47 Å². The van der Waals surface area contributed by atoms with E-state index in [0.29, 0.717) is 13.0 Å². The highest BCUT2D eigenvalue weighted by atomic mass is 16.7. The van der Waals surface area contributed by atoms with Gasteiger partial charge in [0.1, 0.15) is 0 Å². The molecule has 5 heteroatoms. The van der Waals surface area contributed by atoms with Crippen LogP contribution >= 0.6 is 0 Å². The zero-order chi connectivity index (χ0) is 18.9. The van der Waals surface area contributed by atoms with E-state index in [2.05, 4.69) is 47.0 Å². The molecule has 2 aromatic carbocycles. The highest BCUT2D eigenvalue weighted by Gasteiger charge is 2.19. The molecule has 0 radical (unpaired) electrons. The third kappa shape index (κ3) is 5.47. The van der Waals surface area contributed by atoms with E-state index in [1.165, 1.54) is 11.1 Å². The van der Waals surface area contributed by atoms with Gasteiger partial charge in [-0.15, -0.1) is 0 Å². The van der Waals surface area contributed by atoms with E-state index in [9.17, 15) is 4.79 Å². The Morgan fingerprint density at radius 2 is 1.81 bits per heavy atom. The van der Waals surface area contributed by atoms with Crippen molar-refractivity contribution >= 4 is 5.91 Å². The van der Waals surface area contributed by atoms with Crippen LogP contribution in [0, 0.1) is 0 Å². The lowest BCUT2D eigenvalue weighted by Gasteiger charge is -2.19. The van der Waals surface area contributed by atoms with Crippen molar-refractivity contribution in [2.75, 3.05) is 26.9 Å². The number of benzene rings is 2. The van der Waals surface area contributed by atoms with Crippen molar-refractivity contribution in [1.82, 2.24) is 10.6 Å². The average molecular weight is 368 g/mol. The zero-order valence-corrected chi connectivity index (χ0v) is 15.9. The van der Waals surface area contributed by atoms with Gasteiger partial charge in [-0.1, -0.05) is 36.4 Å². The summed E-state index contributed by atoms with van der Waals surface area (Å²) in [7, 11) is 1.90. The Labute approximate surface area is 161 Å². The van der Waals surface area contributed by atoms with Crippen LogP contribution in [0.25, 0.3) is 0 Å². The number of hydrogen-bond acceptors (Lipinski definition) is 4. The molecular weight excluding hydrogens is 340 g/mol. The van der Waals surface area contributed by atoms with Gasteiger partial charge in [-0.3, -0.25) is 4.79 Å². The molecule has 2 aromatic rings. The van der Waals surface area contributed by atoms with E-state index in [-0.39, 0.29) is 18.6 Å². The smallest absolute Gasteiger partial charge is 0.231 e. The molecule has 1 atom stereocenters. The first-order chi connectivity index (χ1) is 13.3. The summed E-state index contributed by atoms with van der Waals surface area (Å²) in [5.74, 6) is 2.01. The summed E-state index contributed by atoms with van der Waals surface area (Å²) >= 11 is 0. The van der Waals surface area contributed by atoms with Crippen molar-refractivity contribution in [3.63, 3.8) is 0 Å². The second-order valence-corrected chi connectivity index (χ2v) is 6.78. The van der Waals surface area contributed by atoms with Gasteiger partial charge in [-0.25, -0.2) is 0 Å². The van der Waals surface area contributed by atoms with Crippen LogP contribution in [-0.2, 0) is 4.79 Å². The normalized spacial score (nSPS) is 13.4. The SMILES string of the molecule is CNCCCC(=O)NCCCC(c1ccccc1)c1ccc2c(c1)OCO2. The number of amides is 1. The second-order valence-electron chi connectivity index (χ2n) is 6.78. The summed E-state index contributed by atoms with van der Waals surface area (Å²) in [6.45, 7) is 1.86. The third-order valence-corrected chi connectivity index (χ3v) is 4.82. The van der Waals surface area contributed by atoms with Gasteiger partial charge >= 0.3 is 0 Å². The number of ether oxygens (including phenoxy) is 2. The van der Waals surface area contributed by atoms with Gasteiger partial charge in [0.25, 0.3) is 0 Å². The molecule has 0 saturated carbocycles. The van der Waals surface area contributed by atoms with Crippen molar-refractivity contribution in [2.45, 2.75) is 31.6 Å². The maximum atomic E-state index is 11.9. The number of carbonyl (C=O) groups excluding carboxylic acids is 1. The highest BCUT2D eigenvalue weighted by Crippen LogP contribution is 2.37. The van der Waals surface area contributed by atoms with Crippen molar-refractivity contribution in [3.05, 3.63) is 59.7 Å². The molecule has 1 unspecified atom stereocenters. The molecular formula is C22H28N2O3. The lowest BCUT2D eigenvalue weighted by Crippen LogP contribution is -2.25. The molecule has 1 aliphatic rings. The Morgan fingerprint density at radius 1 is 1.00 bits per heavy atom. The predicted molar refractivity (Wildman–Crippen MR) is 106 cm³/mol. The topological polar surface area (TPSA) is 59.6 Å². The monoisotopic (exact) mass is 368 g/mol. The number of fused-ring (bicyclic) bond motifs is 1. The largest absolute Gasteiger partial charge is 0.454 e. The van der Waals surface area contributed by atoms with Crippen molar-refractivity contribution in [1.29, 1.82) is 0 Å². The molecule has 0 saturated heterocycles. The number of nitrogens with one attached hydrogen (secondary N) is 2. The fourth-order valence-corrected chi connectivity index (χ4v) is 3.39. The van der Waals surface area contributed by atoms with E-state index in [1.807, 2.05) is 19.2 Å². The van der Waals surface area contributed by atoms with E-state index in [0.717, 1.165) is 37.3 Å². The Balaban J connectivity index is 1.59. The molecule has 0 fully saturated rings. The Kier molecular flexibility index (Phi) is 7.11. The van der Waals surface area contributed by atoms with Crippen LogP contribution in [0.3, 0.4) is 0 Å². The average Bonchev–Trinajstić information content (AvgIpc) is 3.17. The Hall–Kier alpha value is -2.53. The van der Waals surface area contributed by atoms with Crippen LogP contribution in [0.1, 0.15) is 42.7 Å². The first-order valence-corrected chi connectivity index (χ1v) is 9.63. The standard InChI is InChI=1S/C22H28N2O3/c1-23-13-6-10-22(25)24-14-5-9-19(17-7-3-2-4-8-17)18-11-12-20-21(15-18)27-16-26-20/h2-4,7-8,11-12,15,19,23H,5-6,9-10,13-14,16H2,1H3,(H,24,25). The summed E-state index contributed by atoms with van der Waals surface area (Å²) in [5, 5.41) is 6.09. The molecule has 1 amide bonds. The lowest BCUT2D eigenvalue weighted by molar-refractivity contribution is -0.121.